The molecule has 0 unspecified atom stereocenters. The van der Waals surface area contributed by atoms with Crippen LogP contribution < -0.4 is 10.6 Å². The molecule has 2 heterocycles. The maximum absolute atomic E-state index is 12.0. The number of amides is 1. The first-order valence-corrected chi connectivity index (χ1v) is 11.4. The Morgan fingerprint density at radius 3 is 2.41 bits per heavy atom. The van der Waals surface area contributed by atoms with E-state index in [1.807, 2.05) is 27.7 Å². The van der Waals surface area contributed by atoms with Crippen molar-refractivity contribution in [2.75, 3.05) is 57.3 Å². The largest absolute Gasteiger partial charge is 0.444 e. The van der Waals surface area contributed by atoms with Crippen molar-refractivity contribution in [2.45, 2.75) is 39.3 Å². The number of carbonyl (C=O) groups excluding carboxylic acids is 1. The maximum atomic E-state index is 12.0. The Kier molecular flexibility index (Phi) is 7.32. The van der Waals surface area contributed by atoms with E-state index in [2.05, 4.69) is 20.5 Å². The minimum Gasteiger partial charge on any atom is -0.444 e. The van der Waals surface area contributed by atoms with Crippen molar-refractivity contribution in [1.29, 1.82) is 0 Å². The first kappa shape index (κ1) is 21.7. The molecule has 27 heavy (non-hydrogen) atoms. The standard InChI is InChI=1S/C17H33N5O4S/c1-5-18-15(19-6-7-21-8-10-27(24,25)11-9-21)20-14-12-22(13-14)16(23)26-17(2,3)4/h14H,5-13H2,1-4H3,(H2,18,19,20). The van der Waals surface area contributed by atoms with E-state index in [1.54, 1.807) is 4.90 Å². The van der Waals surface area contributed by atoms with Crippen molar-refractivity contribution >= 4 is 21.9 Å². The van der Waals surface area contributed by atoms with E-state index in [0.29, 0.717) is 32.7 Å². The van der Waals surface area contributed by atoms with Crippen molar-refractivity contribution < 1.29 is 17.9 Å². The summed E-state index contributed by atoms with van der Waals surface area (Å²) >= 11 is 0. The third-order valence-electron chi connectivity index (χ3n) is 4.34. The van der Waals surface area contributed by atoms with E-state index in [4.69, 9.17) is 4.74 Å². The molecular formula is C17H33N5O4S. The highest BCUT2D eigenvalue weighted by atomic mass is 32.2. The Balaban J connectivity index is 1.72. The summed E-state index contributed by atoms with van der Waals surface area (Å²) in [5, 5.41) is 6.53. The van der Waals surface area contributed by atoms with Crippen LogP contribution in [0.25, 0.3) is 0 Å². The zero-order valence-electron chi connectivity index (χ0n) is 16.8. The summed E-state index contributed by atoms with van der Waals surface area (Å²) in [5.41, 5.74) is -0.486. The quantitative estimate of drug-likeness (QED) is 0.488. The van der Waals surface area contributed by atoms with Crippen LogP contribution in [0, 0.1) is 0 Å². The molecule has 9 nitrogen and oxygen atoms in total. The average Bonchev–Trinajstić information content (AvgIpc) is 2.50. The number of likely N-dealkylation sites (tertiary alicyclic amines) is 1. The first-order chi connectivity index (χ1) is 12.6. The van der Waals surface area contributed by atoms with Crippen molar-refractivity contribution in [3.05, 3.63) is 0 Å². The van der Waals surface area contributed by atoms with Crippen LogP contribution in [0.2, 0.25) is 0 Å². The molecule has 0 aromatic heterocycles. The molecule has 156 valence electrons. The second kappa shape index (κ2) is 9.09. The van der Waals surface area contributed by atoms with Gasteiger partial charge in [0.2, 0.25) is 0 Å². The van der Waals surface area contributed by atoms with Gasteiger partial charge in [0.05, 0.1) is 24.1 Å². The summed E-state index contributed by atoms with van der Waals surface area (Å²) in [6, 6.07) is 0.149. The van der Waals surface area contributed by atoms with Gasteiger partial charge >= 0.3 is 6.09 Å². The van der Waals surface area contributed by atoms with Gasteiger partial charge in [0, 0.05) is 39.3 Å². The monoisotopic (exact) mass is 403 g/mol. The van der Waals surface area contributed by atoms with Gasteiger partial charge in [-0.05, 0) is 27.7 Å². The molecule has 2 N–H and O–H groups in total. The highest BCUT2D eigenvalue weighted by Gasteiger charge is 2.34. The fourth-order valence-corrected chi connectivity index (χ4v) is 4.11. The van der Waals surface area contributed by atoms with Gasteiger partial charge in [-0.1, -0.05) is 0 Å². The lowest BCUT2D eigenvalue weighted by Gasteiger charge is -2.40. The molecule has 2 aliphatic heterocycles. The van der Waals surface area contributed by atoms with E-state index >= 15 is 0 Å². The molecule has 0 aromatic carbocycles. The number of nitrogens with zero attached hydrogens (tertiary/aromatic N) is 3. The lowest BCUT2D eigenvalue weighted by molar-refractivity contribution is 0.00700. The van der Waals surface area contributed by atoms with Crippen molar-refractivity contribution in [3.63, 3.8) is 0 Å². The number of carbonyl (C=O) groups is 1. The summed E-state index contributed by atoms with van der Waals surface area (Å²) in [6.07, 6.45) is -0.289. The van der Waals surface area contributed by atoms with E-state index in [1.165, 1.54) is 0 Å². The normalized spacial score (nSPS) is 21.5. The number of rotatable bonds is 5. The number of guanidine groups is 1. The summed E-state index contributed by atoms with van der Waals surface area (Å²) in [4.78, 5) is 20.3. The van der Waals surface area contributed by atoms with Gasteiger partial charge < -0.3 is 20.3 Å². The second-order valence-electron chi connectivity index (χ2n) is 7.98. The minimum atomic E-state index is -2.85. The molecule has 0 bridgehead atoms. The molecule has 0 aromatic rings. The fraction of sp³-hybridized carbons (Fsp3) is 0.882. The number of nitrogens with one attached hydrogen (secondary N) is 2. The van der Waals surface area contributed by atoms with Crippen LogP contribution in [0.1, 0.15) is 27.7 Å². The third kappa shape index (κ3) is 7.53. The van der Waals surface area contributed by atoms with Crippen LogP contribution >= 0.6 is 0 Å². The van der Waals surface area contributed by atoms with Crippen LogP contribution in [0.5, 0.6) is 0 Å². The molecule has 0 atom stereocenters. The van der Waals surface area contributed by atoms with Crippen molar-refractivity contribution in [1.82, 2.24) is 20.4 Å². The van der Waals surface area contributed by atoms with Crippen molar-refractivity contribution in [2.24, 2.45) is 4.99 Å². The molecule has 1 amide bonds. The molecule has 2 aliphatic rings. The molecule has 0 saturated carbocycles. The Morgan fingerprint density at radius 2 is 1.85 bits per heavy atom. The predicted octanol–water partition coefficient (Wildman–Crippen LogP) is -0.109. The van der Waals surface area contributed by atoms with Gasteiger partial charge in [0.15, 0.2) is 15.8 Å². The van der Waals surface area contributed by atoms with Gasteiger partial charge in [-0.3, -0.25) is 9.89 Å². The van der Waals surface area contributed by atoms with E-state index < -0.39 is 15.4 Å². The topological polar surface area (TPSA) is 103 Å². The van der Waals surface area contributed by atoms with Crippen LogP contribution in [-0.4, -0.2) is 99.2 Å². The van der Waals surface area contributed by atoms with Crippen molar-refractivity contribution in [3.8, 4) is 0 Å². The highest BCUT2D eigenvalue weighted by Crippen LogP contribution is 2.15. The maximum Gasteiger partial charge on any atom is 0.410 e. The first-order valence-electron chi connectivity index (χ1n) is 9.53. The van der Waals surface area contributed by atoms with Gasteiger partial charge in [0.25, 0.3) is 0 Å². The summed E-state index contributed by atoms with van der Waals surface area (Å²) in [7, 11) is -2.85. The average molecular weight is 404 g/mol. The molecule has 2 rings (SSSR count). The molecular weight excluding hydrogens is 370 g/mol. The lowest BCUT2D eigenvalue weighted by atomic mass is 10.1. The van der Waals surface area contributed by atoms with Crippen LogP contribution in [0.15, 0.2) is 4.99 Å². The zero-order valence-corrected chi connectivity index (χ0v) is 17.6. The Morgan fingerprint density at radius 1 is 1.22 bits per heavy atom. The summed E-state index contributed by atoms with van der Waals surface area (Å²) < 4.78 is 28.3. The number of ether oxygens (including phenoxy) is 1. The van der Waals surface area contributed by atoms with Gasteiger partial charge in [-0.15, -0.1) is 0 Å². The number of hydrogen-bond acceptors (Lipinski definition) is 6. The van der Waals surface area contributed by atoms with E-state index in [9.17, 15) is 13.2 Å². The predicted molar refractivity (Wildman–Crippen MR) is 106 cm³/mol. The van der Waals surface area contributed by atoms with Crippen LogP contribution in [0.4, 0.5) is 4.79 Å². The van der Waals surface area contributed by atoms with Crippen LogP contribution in [-0.2, 0) is 14.6 Å². The molecule has 0 spiro atoms. The second-order valence-corrected chi connectivity index (χ2v) is 10.3. The lowest BCUT2D eigenvalue weighted by Crippen LogP contribution is -2.63. The molecule has 2 fully saturated rings. The number of hydrogen-bond donors (Lipinski definition) is 2. The minimum absolute atomic E-state index is 0.149. The highest BCUT2D eigenvalue weighted by molar-refractivity contribution is 7.91. The molecule has 0 radical (unpaired) electrons. The van der Waals surface area contributed by atoms with Crippen LogP contribution in [0.3, 0.4) is 0 Å². The zero-order chi connectivity index (χ0) is 20.1. The van der Waals surface area contributed by atoms with Gasteiger partial charge in [-0.2, -0.15) is 0 Å². The SMILES string of the molecule is CCNC(=NCCN1CCS(=O)(=O)CC1)NC1CN(C(=O)OC(C)(C)C)C1. The Bertz CT molecular complexity index is 624. The van der Waals surface area contributed by atoms with E-state index in [-0.39, 0.29) is 23.6 Å². The fourth-order valence-electron chi connectivity index (χ4n) is 2.84. The Labute approximate surface area is 162 Å². The molecule has 10 heteroatoms. The Hall–Kier alpha value is -1.55. The smallest absolute Gasteiger partial charge is 0.410 e. The third-order valence-corrected chi connectivity index (χ3v) is 5.95. The summed E-state index contributed by atoms with van der Waals surface area (Å²) in [5.74, 6) is 1.19. The summed E-state index contributed by atoms with van der Waals surface area (Å²) in [6.45, 7) is 12.0. The van der Waals surface area contributed by atoms with Gasteiger partial charge in [-0.25, -0.2) is 13.2 Å². The van der Waals surface area contributed by atoms with E-state index in [0.717, 1.165) is 19.0 Å². The molecule has 0 aliphatic carbocycles. The number of aliphatic imine (C=N–C) groups is 1. The van der Waals surface area contributed by atoms with Gasteiger partial charge in [0.1, 0.15) is 5.60 Å². The molecule has 2 saturated heterocycles. The number of sulfone groups is 1.